The van der Waals surface area contributed by atoms with E-state index >= 15 is 0 Å². The van der Waals surface area contributed by atoms with E-state index in [0.29, 0.717) is 10.4 Å². The number of aliphatic hydroxyl groups excluding tert-OH is 1. The third-order valence-corrected chi connectivity index (χ3v) is 4.05. The molecule has 0 saturated heterocycles. The third-order valence-electron chi connectivity index (χ3n) is 2.42. The number of aromatic nitrogens is 2. The third kappa shape index (κ3) is 4.12. The zero-order valence-electron chi connectivity index (χ0n) is 10.7. The highest BCUT2D eigenvalue weighted by atomic mass is 35.5. The van der Waals surface area contributed by atoms with Gasteiger partial charge < -0.3 is 5.11 Å². The molecule has 1 aromatic heterocycles. The van der Waals surface area contributed by atoms with Crippen LogP contribution < -0.4 is 0 Å². The Morgan fingerprint density at radius 3 is 2.47 bits per heavy atom. The summed E-state index contributed by atoms with van der Waals surface area (Å²) >= 11 is 7.75. The van der Waals surface area contributed by atoms with Gasteiger partial charge in [0.25, 0.3) is 0 Å². The summed E-state index contributed by atoms with van der Waals surface area (Å²) < 4.78 is 0. The summed E-state index contributed by atoms with van der Waals surface area (Å²) in [5.41, 5.74) is 0.922. The Bertz CT molecular complexity index is 385. The molecule has 0 spiro atoms. The summed E-state index contributed by atoms with van der Waals surface area (Å²) in [7, 11) is 0. The molecule has 0 aliphatic heterocycles. The predicted molar refractivity (Wildman–Crippen MR) is 72.9 cm³/mol. The van der Waals surface area contributed by atoms with Crippen LogP contribution in [-0.4, -0.2) is 26.9 Å². The number of thioether (sulfide) groups is 1. The predicted octanol–water partition coefficient (Wildman–Crippen LogP) is 3.42. The molecule has 3 nitrogen and oxygen atoms in total. The first kappa shape index (κ1) is 14.7. The van der Waals surface area contributed by atoms with Crippen molar-refractivity contribution in [1.29, 1.82) is 0 Å². The average molecular weight is 275 g/mol. The van der Waals surface area contributed by atoms with Crippen molar-refractivity contribution < 1.29 is 5.11 Å². The zero-order chi connectivity index (χ0) is 13.0. The summed E-state index contributed by atoms with van der Waals surface area (Å²) in [5, 5.41) is 10.7. The van der Waals surface area contributed by atoms with Crippen molar-refractivity contribution >= 4 is 23.4 Å². The van der Waals surface area contributed by atoms with E-state index in [-0.39, 0.29) is 12.5 Å². The molecule has 0 aliphatic rings. The first-order valence-corrected chi connectivity index (χ1v) is 7.03. The zero-order valence-corrected chi connectivity index (χ0v) is 12.3. The SMILES string of the molecule is Cc1c(Cl)nc(C(C)C)nc1SC(C)CCO. The lowest BCUT2D eigenvalue weighted by Gasteiger charge is -2.14. The van der Waals surface area contributed by atoms with Gasteiger partial charge in [0.1, 0.15) is 16.0 Å². The molecule has 5 heteroatoms. The van der Waals surface area contributed by atoms with Gasteiger partial charge in [-0.05, 0) is 13.3 Å². The van der Waals surface area contributed by atoms with Gasteiger partial charge in [-0.2, -0.15) is 0 Å². The van der Waals surface area contributed by atoms with Gasteiger partial charge in [0.2, 0.25) is 0 Å². The van der Waals surface area contributed by atoms with Crippen LogP contribution in [0.2, 0.25) is 5.15 Å². The Morgan fingerprint density at radius 2 is 1.94 bits per heavy atom. The lowest BCUT2D eigenvalue weighted by atomic mass is 10.2. The number of hydrogen-bond donors (Lipinski definition) is 1. The largest absolute Gasteiger partial charge is 0.396 e. The van der Waals surface area contributed by atoms with Gasteiger partial charge in [0, 0.05) is 23.3 Å². The van der Waals surface area contributed by atoms with Crippen LogP contribution in [0.1, 0.15) is 44.5 Å². The van der Waals surface area contributed by atoms with Crippen LogP contribution in [0, 0.1) is 6.92 Å². The minimum atomic E-state index is 0.197. The number of halogens is 1. The van der Waals surface area contributed by atoms with Crippen molar-refractivity contribution in [3.63, 3.8) is 0 Å². The van der Waals surface area contributed by atoms with E-state index in [2.05, 4.69) is 16.9 Å². The van der Waals surface area contributed by atoms with Gasteiger partial charge >= 0.3 is 0 Å². The molecular formula is C12H19ClN2OS. The van der Waals surface area contributed by atoms with E-state index in [1.54, 1.807) is 11.8 Å². The van der Waals surface area contributed by atoms with Crippen LogP contribution in [0.15, 0.2) is 5.03 Å². The molecule has 0 aliphatic carbocycles. The van der Waals surface area contributed by atoms with Crippen molar-refractivity contribution in [2.75, 3.05) is 6.61 Å². The van der Waals surface area contributed by atoms with Crippen LogP contribution in [0.25, 0.3) is 0 Å². The maximum absolute atomic E-state index is 8.91. The molecule has 0 saturated carbocycles. The Kier molecular flexibility index (Phi) is 5.70. The monoisotopic (exact) mass is 274 g/mol. The summed E-state index contributed by atoms with van der Waals surface area (Å²) in [6.07, 6.45) is 0.753. The summed E-state index contributed by atoms with van der Waals surface area (Å²) in [4.78, 5) is 8.82. The molecule has 1 N–H and O–H groups in total. The van der Waals surface area contributed by atoms with Crippen molar-refractivity contribution in [2.45, 2.75) is 50.3 Å². The van der Waals surface area contributed by atoms with Gasteiger partial charge in [0.15, 0.2) is 0 Å². The first-order chi connectivity index (χ1) is 7.95. The number of nitrogens with zero attached hydrogens (tertiary/aromatic N) is 2. The smallest absolute Gasteiger partial charge is 0.136 e. The second-order valence-electron chi connectivity index (χ2n) is 4.40. The second kappa shape index (κ2) is 6.57. The highest BCUT2D eigenvalue weighted by molar-refractivity contribution is 7.99. The maximum atomic E-state index is 8.91. The minimum Gasteiger partial charge on any atom is -0.396 e. The van der Waals surface area contributed by atoms with E-state index in [1.165, 1.54) is 0 Å². The highest BCUT2D eigenvalue weighted by Crippen LogP contribution is 2.30. The lowest BCUT2D eigenvalue weighted by molar-refractivity contribution is 0.289. The van der Waals surface area contributed by atoms with Gasteiger partial charge in [-0.1, -0.05) is 32.4 Å². The molecule has 1 heterocycles. The van der Waals surface area contributed by atoms with E-state index in [0.717, 1.165) is 22.8 Å². The number of aliphatic hydroxyl groups is 1. The Hall–Kier alpha value is -0.320. The Labute approximate surface area is 112 Å². The quantitative estimate of drug-likeness (QED) is 0.660. The lowest BCUT2D eigenvalue weighted by Crippen LogP contribution is -2.05. The Balaban J connectivity index is 2.97. The van der Waals surface area contributed by atoms with Crippen LogP contribution in [0.4, 0.5) is 0 Å². The van der Waals surface area contributed by atoms with Crippen molar-refractivity contribution in [1.82, 2.24) is 9.97 Å². The molecule has 17 heavy (non-hydrogen) atoms. The molecule has 0 bridgehead atoms. The average Bonchev–Trinajstić information content (AvgIpc) is 2.24. The summed E-state index contributed by atoms with van der Waals surface area (Å²) in [6, 6.07) is 0. The Morgan fingerprint density at radius 1 is 1.29 bits per heavy atom. The van der Waals surface area contributed by atoms with Crippen molar-refractivity contribution in [3.8, 4) is 0 Å². The minimum absolute atomic E-state index is 0.197. The van der Waals surface area contributed by atoms with E-state index < -0.39 is 0 Å². The normalized spacial score (nSPS) is 13.1. The molecule has 1 unspecified atom stereocenters. The fourth-order valence-electron chi connectivity index (χ4n) is 1.29. The topological polar surface area (TPSA) is 46.0 Å². The van der Waals surface area contributed by atoms with E-state index in [1.807, 2.05) is 20.8 Å². The molecule has 1 atom stereocenters. The fraction of sp³-hybridized carbons (Fsp3) is 0.667. The maximum Gasteiger partial charge on any atom is 0.136 e. The summed E-state index contributed by atoms with van der Waals surface area (Å²) in [6.45, 7) is 8.30. The van der Waals surface area contributed by atoms with Gasteiger partial charge in [0.05, 0.1) is 0 Å². The molecule has 1 rings (SSSR count). The van der Waals surface area contributed by atoms with Gasteiger partial charge in [-0.15, -0.1) is 11.8 Å². The molecule has 0 fully saturated rings. The molecule has 0 aromatic carbocycles. The number of hydrogen-bond acceptors (Lipinski definition) is 4. The standard InChI is InChI=1S/C12H19ClN2OS/c1-7(2)11-14-10(13)9(4)12(15-11)17-8(3)5-6-16/h7-8,16H,5-6H2,1-4H3. The molecular weight excluding hydrogens is 256 g/mol. The van der Waals surface area contributed by atoms with Crippen LogP contribution in [-0.2, 0) is 0 Å². The highest BCUT2D eigenvalue weighted by Gasteiger charge is 2.14. The molecule has 0 amide bonds. The van der Waals surface area contributed by atoms with Gasteiger partial charge in [-0.3, -0.25) is 0 Å². The summed E-state index contributed by atoms with van der Waals surface area (Å²) in [5.74, 6) is 1.04. The van der Waals surface area contributed by atoms with Gasteiger partial charge in [-0.25, -0.2) is 9.97 Å². The molecule has 0 radical (unpaired) electrons. The number of rotatable bonds is 5. The van der Waals surface area contributed by atoms with Crippen LogP contribution >= 0.6 is 23.4 Å². The second-order valence-corrected chi connectivity index (χ2v) is 6.18. The first-order valence-electron chi connectivity index (χ1n) is 5.77. The van der Waals surface area contributed by atoms with Crippen LogP contribution in [0.3, 0.4) is 0 Å². The van der Waals surface area contributed by atoms with E-state index in [4.69, 9.17) is 16.7 Å². The van der Waals surface area contributed by atoms with Crippen molar-refractivity contribution in [2.24, 2.45) is 0 Å². The van der Waals surface area contributed by atoms with Crippen molar-refractivity contribution in [3.05, 3.63) is 16.5 Å². The molecule has 1 aromatic rings. The van der Waals surface area contributed by atoms with Crippen LogP contribution in [0.5, 0.6) is 0 Å². The fourth-order valence-corrected chi connectivity index (χ4v) is 2.55. The molecule has 96 valence electrons. The van der Waals surface area contributed by atoms with E-state index in [9.17, 15) is 0 Å².